The quantitative estimate of drug-likeness (QED) is 0.822. The molecule has 0 aliphatic carbocycles. The summed E-state index contributed by atoms with van der Waals surface area (Å²) in [6, 6.07) is 5.74. The number of aromatic nitrogens is 1. The molecule has 0 radical (unpaired) electrons. The summed E-state index contributed by atoms with van der Waals surface area (Å²) in [6.07, 6.45) is 0.954. The molecule has 1 fully saturated rings. The van der Waals surface area contributed by atoms with Crippen LogP contribution in [-0.2, 0) is 4.79 Å². The summed E-state index contributed by atoms with van der Waals surface area (Å²) in [5.74, 6) is 0.915. The van der Waals surface area contributed by atoms with Gasteiger partial charge in [-0.2, -0.15) is 0 Å². The Kier molecular flexibility index (Phi) is 3.84. The van der Waals surface area contributed by atoms with E-state index in [1.807, 2.05) is 43.9 Å². The average molecular weight is 248 g/mol. The Balaban J connectivity index is 1.92. The monoisotopic (exact) mass is 248 g/mol. The third-order valence-corrected chi connectivity index (χ3v) is 3.10. The number of carbonyl (C=O) groups excluding carboxylic acids is 1. The highest BCUT2D eigenvalue weighted by Gasteiger charge is 2.28. The molecule has 0 saturated carbocycles. The predicted molar refractivity (Wildman–Crippen MR) is 69.4 cm³/mol. The Morgan fingerprint density at radius 2 is 2.28 bits per heavy atom. The first-order valence-corrected chi connectivity index (χ1v) is 6.45. The Morgan fingerprint density at radius 1 is 1.50 bits per heavy atom. The van der Waals surface area contributed by atoms with Gasteiger partial charge in [0.15, 0.2) is 0 Å². The highest BCUT2D eigenvalue weighted by atomic mass is 16.5. The molecular formula is C14H20N2O2. The van der Waals surface area contributed by atoms with Crippen LogP contribution < -0.4 is 4.74 Å². The lowest BCUT2D eigenvalue weighted by Crippen LogP contribution is -2.33. The van der Waals surface area contributed by atoms with E-state index in [4.69, 9.17) is 4.74 Å². The lowest BCUT2D eigenvalue weighted by atomic mass is 10.2. The first-order chi connectivity index (χ1) is 8.56. The second kappa shape index (κ2) is 5.38. The second-order valence-corrected chi connectivity index (χ2v) is 5.08. The number of carbonyl (C=O) groups is 1. The number of amides is 1. The average Bonchev–Trinajstić information content (AvgIpc) is 2.76. The number of aryl methyl sites for hydroxylation is 1. The van der Waals surface area contributed by atoms with Crippen molar-refractivity contribution in [1.29, 1.82) is 0 Å². The Morgan fingerprint density at radius 3 is 2.94 bits per heavy atom. The molecule has 1 saturated heterocycles. The van der Waals surface area contributed by atoms with Crippen LogP contribution in [0.25, 0.3) is 0 Å². The molecule has 1 aliphatic heterocycles. The van der Waals surface area contributed by atoms with Gasteiger partial charge in [-0.1, -0.05) is 19.9 Å². The van der Waals surface area contributed by atoms with E-state index in [1.54, 1.807) is 0 Å². The smallest absolute Gasteiger partial charge is 0.225 e. The first-order valence-electron chi connectivity index (χ1n) is 6.45. The van der Waals surface area contributed by atoms with Crippen LogP contribution in [-0.4, -0.2) is 35.0 Å². The standard InChI is InChI=1S/C14H20N2O2/c1-10(2)14(17)16-8-7-12(9-16)18-13-6-4-5-11(3)15-13/h4-6,10,12H,7-9H2,1-3H3. The summed E-state index contributed by atoms with van der Waals surface area (Å²) < 4.78 is 5.81. The number of hydrogen-bond donors (Lipinski definition) is 0. The van der Waals surface area contributed by atoms with E-state index < -0.39 is 0 Å². The van der Waals surface area contributed by atoms with Crippen LogP contribution in [0.2, 0.25) is 0 Å². The second-order valence-electron chi connectivity index (χ2n) is 5.08. The molecule has 0 spiro atoms. The molecule has 98 valence electrons. The van der Waals surface area contributed by atoms with Crippen molar-refractivity contribution >= 4 is 5.91 Å². The van der Waals surface area contributed by atoms with Crippen molar-refractivity contribution in [2.45, 2.75) is 33.3 Å². The summed E-state index contributed by atoms with van der Waals surface area (Å²) >= 11 is 0. The summed E-state index contributed by atoms with van der Waals surface area (Å²) in [6.45, 7) is 7.26. The van der Waals surface area contributed by atoms with Crippen molar-refractivity contribution < 1.29 is 9.53 Å². The summed E-state index contributed by atoms with van der Waals surface area (Å²) in [5.41, 5.74) is 0.945. The van der Waals surface area contributed by atoms with E-state index >= 15 is 0 Å². The minimum Gasteiger partial charge on any atom is -0.472 e. The maximum atomic E-state index is 11.9. The first kappa shape index (κ1) is 12.9. The number of likely N-dealkylation sites (tertiary alicyclic amines) is 1. The van der Waals surface area contributed by atoms with Crippen molar-refractivity contribution in [3.05, 3.63) is 23.9 Å². The van der Waals surface area contributed by atoms with Crippen LogP contribution in [0.5, 0.6) is 5.88 Å². The van der Waals surface area contributed by atoms with Gasteiger partial charge in [0.05, 0.1) is 6.54 Å². The van der Waals surface area contributed by atoms with Gasteiger partial charge < -0.3 is 9.64 Å². The van der Waals surface area contributed by atoms with Crippen LogP contribution in [0.15, 0.2) is 18.2 Å². The molecule has 1 aliphatic rings. The van der Waals surface area contributed by atoms with Crippen molar-refractivity contribution in [3.8, 4) is 5.88 Å². The molecule has 1 unspecified atom stereocenters. The lowest BCUT2D eigenvalue weighted by molar-refractivity contribution is -0.133. The lowest BCUT2D eigenvalue weighted by Gasteiger charge is -2.18. The molecule has 0 N–H and O–H groups in total. The molecule has 0 bridgehead atoms. The van der Waals surface area contributed by atoms with Crippen LogP contribution in [0, 0.1) is 12.8 Å². The highest BCUT2D eigenvalue weighted by Crippen LogP contribution is 2.18. The van der Waals surface area contributed by atoms with E-state index in [-0.39, 0.29) is 17.9 Å². The summed E-state index contributed by atoms with van der Waals surface area (Å²) in [4.78, 5) is 18.0. The Bertz CT molecular complexity index is 432. The van der Waals surface area contributed by atoms with Gasteiger partial charge in [-0.05, 0) is 13.0 Å². The zero-order valence-electron chi connectivity index (χ0n) is 11.2. The zero-order chi connectivity index (χ0) is 13.1. The van der Waals surface area contributed by atoms with E-state index in [1.165, 1.54) is 0 Å². The summed E-state index contributed by atoms with van der Waals surface area (Å²) in [7, 11) is 0. The number of rotatable bonds is 3. The van der Waals surface area contributed by atoms with E-state index in [2.05, 4.69) is 4.98 Å². The van der Waals surface area contributed by atoms with Gasteiger partial charge in [0.2, 0.25) is 11.8 Å². The van der Waals surface area contributed by atoms with E-state index in [9.17, 15) is 4.79 Å². The van der Waals surface area contributed by atoms with Crippen molar-refractivity contribution in [1.82, 2.24) is 9.88 Å². The molecule has 1 atom stereocenters. The third-order valence-electron chi connectivity index (χ3n) is 3.10. The molecule has 1 amide bonds. The van der Waals surface area contributed by atoms with E-state index in [0.717, 1.165) is 18.7 Å². The summed E-state index contributed by atoms with van der Waals surface area (Å²) in [5, 5.41) is 0. The normalized spacial score (nSPS) is 19.3. The van der Waals surface area contributed by atoms with Gasteiger partial charge in [-0.25, -0.2) is 4.98 Å². The maximum absolute atomic E-state index is 11.9. The Hall–Kier alpha value is -1.58. The number of hydrogen-bond acceptors (Lipinski definition) is 3. The molecular weight excluding hydrogens is 228 g/mol. The largest absolute Gasteiger partial charge is 0.472 e. The zero-order valence-corrected chi connectivity index (χ0v) is 11.2. The van der Waals surface area contributed by atoms with Crippen molar-refractivity contribution in [2.24, 2.45) is 5.92 Å². The SMILES string of the molecule is Cc1cccc(OC2CCN(C(=O)C(C)C)C2)n1. The van der Waals surface area contributed by atoms with Gasteiger partial charge in [-0.15, -0.1) is 0 Å². The van der Waals surface area contributed by atoms with Crippen LogP contribution in [0.3, 0.4) is 0 Å². The number of ether oxygens (including phenoxy) is 1. The fourth-order valence-electron chi connectivity index (χ4n) is 2.14. The number of nitrogens with zero attached hydrogens (tertiary/aromatic N) is 2. The molecule has 1 aromatic rings. The van der Waals surface area contributed by atoms with Gasteiger partial charge in [0, 0.05) is 30.6 Å². The van der Waals surface area contributed by atoms with Crippen LogP contribution in [0.4, 0.5) is 0 Å². The fourth-order valence-corrected chi connectivity index (χ4v) is 2.14. The van der Waals surface area contributed by atoms with Gasteiger partial charge in [0.1, 0.15) is 6.10 Å². The van der Waals surface area contributed by atoms with E-state index in [0.29, 0.717) is 12.4 Å². The minimum atomic E-state index is 0.0563. The molecule has 4 heteroatoms. The fraction of sp³-hybridized carbons (Fsp3) is 0.571. The van der Waals surface area contributed by atoms with Gasteiger partial charge in [0.25, 0.3) is 0 Å². The van der Waals surface area contributed by atoms with Crippen molar-refractivity contribution in [2.75, 3.05) is 13.1 Å². The minimum absolute atomic E-state index is 0.0563. The molecule has 4 nitrogen and oxygen atoms in total. The predicted octanol–water partition coefficient (Wildman–Crippen LogP) is 2.03. The van der Waals surface area contributed by atoms with Crippen molar-refractivity contribution in [3.63, 3.8) is 0 Å². The molecule has 1 aromatic heterocycles. The van der Waals surface area contributed by atoms with Crippen LogP contribution in [0.1, 0.15) is 26.0 Å². The maximum Gasteiger partial charge on any atom is 0.225 e. The topological polar surface area (TPSA) is 42.4 Å². The molecule has 2 heterocycles. The highest BCUT2D eigenvalue weighted by molar-refractivity contribution is 5.78. The molecule has 18 heavy (non-hydrogen) atoms. The van der Waals surface area contributed by atoms with Crippen LogP contribution >= 0.6 is 0 Å². The Labute approximate surface area is 108 Å². The third kappa shape index (κ3) is 3.00. The molecule has 0 aromatic carbocycles. The van der Waals surface area contributed by atoms with Gasteiger partial charge >= 0.3 is 0 Å². The molecule has 2 rings (SSSR count). The van der Waals surface area contributed by atoms with Gasteiger partial charge in [-0.3, -0.25) is 4.79 Å². The number of pyridine rings is 1.